The van der Waals surface area contributed by atoms with Gasteiger partial charge in [-0.05, 0) is 12.1 Å². The lowest BCUT2D eigenvalue weighted by Crippen LogP contribution is -1.93. The van der Waals surface area contributed by atoms with Crippen molar-refractivity contribution in [2.24, 2.45) is 0 Å². The fourth-order valence-corrected chi connectivity index (χ4v) is 1.34. The molecule has 0 aliphatic heterocycles. The summed E-state index contributed by atoms with van der Waals surface area (Å²) < 4.78 is 10.1. The highest BCUT2D eigenvalue weighted by Gasteiger charge is 2.03. The van der Waals surface area contributed by atoms with Crippen molar-refractivity contribution in [3.8, 4) is 23.1 Å². The Balaban J connectivity index is 2.41. The van der Waals surface area contributed by atoms with E-state index in [1.807, 2.05) is 24.3 Å². The van der Waals surface area contributed by atoms with Crippen LogP contribution in [0.1, 0.15) is 0 Å². The van der Waals surface area contributed by atoms with E-state index in [4.69, 9.17) is 9.47 Å². The molecule has 4 nitrogen and oxygen atoms in total. The van der Waals surface area contributed by atoms with Crippen LogP contribution in [0.25, 0.3) is 11.4 Å². The summed E-state index contributed by atoms with van der Waals surface area (Å²) in [5.41, 5.74) is 1.52. The maximum Gasteiger partial charge on any atom is 0.213 e. The second-order valence-corrected chi connectivity index (χ2v) is 3.13. The zero-order valence-corrected chi connectivity index (χ0v) is 9.18. The predicted molar refractivity (Wildman–Crippen MR) is 60.6 cm³/mol. The summed E-state index contributed by atoms with van der Waals surface area (Å²) in [5, 5.41) is 0. The van der Waals surface area contributed by atoms with Crippen molar-refractivity contribution in [2.75, 3.05) is 14.2 Å². The normalized spacial score (nSPS) is 9.88. The van der Waals surface area contributed by atoms with Crippen LogP contribution < -0.4 is 9.47 Å². The fraction of sp³-hybridized carbons (Fsp3) is 0.167. The van der Waals surface area contributed by atoms with Gasteiger partial charge in [-0.3, -0.25) is 0 Å². The zero-order valence-electron chi connectivity index (χ0n) is 9.18. The molecule has 2 rings (SSSR count). The number of hydrogen-bond acceptors (Lipinski definition) is 4. The highest BCUT2D eigenvalue weighted by molar-refractivity contribution is 5.55. The van der Waals surface area contributed by atoms with Gasteiger partial charge in [0.1, 0.15) is 0 Å². The van der Waals surface area contributed by atoms with Gasteiger partial charge in [-0.25, -0.2) is 9.97 Å². The molecule has 0 bridgehead atoms. The van der Waals surface area contributed by atoms with Gasteiger partial charge in [-0.2, -0.15) is 0 Å². The molecule has 0 radical (unpaired) electrons. The van der Waals surface area contributed by atoms with E-state index in [9.17, 15) is 0 Å². The molecular formula is C12H12N2O2. The molecule has 0 amide bonds. The molecule has 0 aliphatic rings. The third kappa shape index (κ3) is 2.11. The van der Waals surface area contributed by atoms with E-state index in [1.54, 1.807) is 26.4 Å². The first-order chi connectivity index (χ1) is 7.83. The van der Waals surface area contributed by atoms with Crippen LogP contribution in [0.5, 0.6) is 11.8 Å². The van der Waals surface area contributed by atoms with Gasteiger partial charge in [0, 0.05) is 12.1 Å². The fourth-order valence-electron chi connectivity index (χ4n) is 1.34. The number of nitrogens with zero attached hydrogens (tertiary/aromatic N) is 2. The molecule has 0 atom stereocenters. The molecule has 16 heavy (non-hydrogen) atoms. The molecule has 2 aromatic heterocycles. The first-order valence-corrected chi connectivity index (χ1v) is 4.86. The Hall–Kier alpha value is -2.10. The van der Waals surface area contributed by atoms with E-state index >= 15 is 0 Å². The van der Waals surface area contributed by atoms with Gasteiger partial charge < -0.3 is 9.47 Å². The summed E-state index contributed by atoms with van der Waals surface area (Å²) >= 11 is 0. The topological polar surface area (TPSA) is 44.2 Å². The van der Waals surface area contributed by atoms with Crippen molar-refractivity contribution < 1.29 is 9.47 Å². The Morgan fingerprint density at radius 1 is 0.750 bits per heavy atom. The van der Waals surface area contributed by atoms with E-state index < -0.39 is 0 Å². The standard InChI is InChI=1S/C12H12N2O2/c1-15-11-7-3-5-9(13-11)10-6-4-8-12(14-10)16-2/h3-8H,1-2H3. The lowest BCUT2D eigenvalue weighted by Gasteiger charge is -2.04. The van der Waals surface area contributed by atoms with Gasteiger partial charge in [-0.1, -0.05) is 12.1 Å². The Morgan fingerprint density at radius 2 is 1.19 bits per heavy atom. The van der Waals surface area contributed by atoms with E-state index in [2.05, 4.69) is 9.97 Å². The summed E-state index contributed by atoms with van der Waals surface area (Å²) in [4.78, 5) is 8.59. The van der Waals surface area contributed by atoms with E-state index in [-0.39, 0.29) is 0 Å². The number of pyridine rings is 2. The lowest BCUT2D eigenvalue weighted by molar-refractivity contribution is 0.396. The van der Waals surface area contributed by atoms with Crippen molar-refractivity contribution in [3.05, 3.63) is 36.4 Å². The minimum absolute atomic E-state index is 0.571. The summed E-state index contributed by atoms with van der Waals surface area (Å²) in [6, 6.07) is 11.1. The third-order valence-electron chi connectivity index (χ3n) is 2.13. The van der Waals surface area contributed by atoms with Crippen molar-refractivity contribution in [3.63, 3.8) is 0 Å². The van der Waals surface area contributed by atoms with Crippen molar-refractivity contribution in [1.82, 2.24) is 9.97 Å². The van der Waals surface area contributed by atoms with E-state index in [1.165, 1.54) is 0 Å². The first kappa shape index (κ1) is 10.4. The second-order valence-electron chi connectivity index (χ2n) is 3.13. The molecule has 0 saturated heterocycles. The monoisotopic (exact) mass is 216 g/mol. The molecule has 2 heterocycles. The highest BCUT2D eigenvalue weighted by atomic mass is 16.5. The maximum atomic E-state index is 5.06. The van der Waals surface area contributed by atoms with Gasteiger partial charge >= 0.3 is 0 Å². The largest absolute Gasteiger partial charge is 0.481 e. The highest BCUT2D eigenvalue weighted by Crippen LogP contribution is 2.19. The van der Waals surface area contributed by atoms with Crippen LogP contribution in [0.4, 0.5) is 0 Å². The summed E-state index contributed by atoms with van der Waals surface area (Å²) in [6.07, 6.45) is 0. The summed E-state index contributed by atoms with van der Waals surface area (Å²) in [6.45, 7) is 0. The van der Waals surface area contributed by atoms with Crippen LogP contribution in [0.15, 0.2) is 36.4 Å². The van der Waals surface area contributed by atoms with Crippen LogP contribution >= 0.6 is 0 Å². The Labute approximate surface area is 93.9 Å². The number of aromatic nitrogens is 2. The van der Waals surface area contributed by atoms with Gasteiger partial charge in [0.05, 0.1) is 25.6 Å². The molecule has 0 saturated carbocycles. The molecule has 82 valence electrons. The molecule has 0 spiro atoms. The molecule has 0 aromatic carbocycles. The Bertz CT molecular complexity index is 440. The molecule has 0 aliphatic carbocycles. The van der Waals surface area contributed by atoms with Crippen LogP contribution in [0.3, 0.4) is 0 Å². The number of methoxy groups -OCH3 is 2. The van der Waals surface area contributed by atoms with Crippen LogP contribution in [-0.4, -0.2) is 24.2 Å². The first-order valence-electron chi connectivity index (χ1n) is 4.86. The third-order valence-corrected chi connectivity index (χ3v) is 2.13. The van der Waals surface area contributed by atoms with Crippen molar-refractivity contribution in [2.45, 2.75) is 0 Å². The molecular weight excluding hydrogens is 204 g/mol. The minimum Gasteiger partial charge on any atom is -0.481 e. The van der Waals surface area contributed by atoms with Crippen LogP contribution in [-0.2, 0) is 0 Å². The summed E-state index contributed by atoms with van der Waals surface area (Å²) in [5.74, 6) is 1.14. The Kier molecular flexibility index (Phi) is 3.00. The average Bonchev–Trinajstić information content (AvgIpc) is 2.39. The molecule has 4 heteroatoms. The minimum atomic E-state index is 0.571. The zero-order chi connectivity index (χ0) is 11.4. The average molecular weight is 216 g/mol. The van der Waals surface area contributed by atoms with Gasteiger partial charge in [0.15, 0.2) is 0 Å². The van der Waals surface area contributed by atoms with E-state index in [0.717, 1.165) is 11.4 Å². The molecule has 0 N–H and O–H groups in total. The SMILES string of the molecule is COc1cccc(-c2cccc(OC)n2)n1. The molecule has 2 aromatic rings. The lowest BCUT2D eigenvalue weighted by atomic mass is 10.2. The predicted octanol–water partition coefficient (Wildman–Crippen LogP) is 2.16. The van der Waals surface area contributed by atoms with Gasteiger partial charge in [-0.15, -0.1) is 0 Å². The summed E-state index contributed by atoms with van der Waals surface area (Å²) in [7, 11) is 3.18. The molecule has 0 fully saturated rings. The second kappa shape index (κ2) is 4.61. The Morgan fingerprint density at radius 3 is 1.56 bits per heavy atom. The van der Waals surface area contributed by atoms with Crippen LogP contribution in [0, 0.1) is 0 Å². The molecule has 0 unspecified atom stereocenters. The number of ether oxygens (including phenoxy) is 2. The quantitative estimate of drug-likeness (QED) is 0.788. The number of hydrogen-bond donors (Lipinski definition) is 0. The maximum absolute atomic E-state index is 5.06. The number of rotatable bonds is 3. The van der Waals surface area contributed by atoms with Gasteiger partial charge in [0.25, 0.3) is 0 Å². The van der Waals surface area contributed by atoms with Crippen molar-refractivity contribution in [1.29, 1.82) is 0 Å². The van der Waals surface area contributed by atoms with Crippen LogP contribution in [0.2, 0.25) is 0 Å². The smallest absolute Gasteiger partial charge is 0.213 e. The van der Waals surface area contributed by atoms with E-state index in [0.29, 0.717) is 11.8 Å². The van der Waals surface area contributed by atoms with Gasteiger partial charge in [0.2, 0.25) is 11.8 Å². The van der Waals surface area contributed by atoms with Crippen molar-refractivity contribution >= 4 is 0 Å².